The van der Waals surface area contributed by atoms with Crippen molar-refractivity contribution in [3.05, 3.63) is 23.8 Å². The molecule has 2 aliphatic heterocycles. The van der Waals surface area contributed by atoms with E-state index in [2.05, 4.69) is 19.6 Å². The second-order valence-corrected chi connectivity index (χ2v) is 12.4. The van der Waals surface area contributed by atoms with Gasteiger partial charge >= 0.3 is 6.09 Å². The maximum atomic E-state index is 12.8. The number of carbonyl (C=O) groups is 1. The second-order valence-electron chi connectivity index (χ2n) is 12.4. The highest BCUT2D eigenvalue weighted by atomic mass is 16.7. The van der Waals surface area contributed by atoms with Crippen LogP contribution in [0.15, 0.2) is 23.8 Å². The van der Waals surface area contributed by atoms with E-state index in [1.54, 1.807) is 4.90 Å². The first-order valence-corrected chi connectivity index (χ1v) is 13.0. The van der Waals surface area contributed by atoms with Gasteiger partial charge in [0.05, 0.1) is 32.0 Å². The largest absolute Gasteiger partial charge is 0.449 e. The van der Waals surface area contributed by atoms with E-state index in [0.717, 1.165) is 37.7 Å². The number of amides is 1. The van der Waals surface area contributed by atoms with Crippen molar-refractivity contribution < 1.29 is 28.8 Å². The highest BCUT2D eigenvalue weighted by molar-refractivity contribution is 5.67. The lowest BCUT2D eigenvalue weighted by Gasteiger charge is -2.76. The molecule has 1 N–H and O–H groups in total. The van der Waals surface area contributed by atoms with Crippen molar-refractivity contribution in [2.24, 2.45) is 28.1 Å². The molecule has 7 aliphatic rings. The van der Waals surface area contributed by atoms with Crippen LogP contribution in [0, 0.1) is 28.1 Å². The molecule has 0 aromatic heterocycles. The lowest BCUT2D eigenvalue weighted by atomic mass is 9.32. The molecule has 0 aromatic rings. The molecule has 2 bridgehead atoms. The van der Waals surface area contributed by atoms with Gasteiger partial charge in [-0.2, -0.15) is 0 Å². The predicted octanol–water partition coefficient (Wildman–Crippen LogP) is 3.67. The summed E-state index contributed by atoms with van der Waals surface area (Å²) in [6.45, 7) is 13.4. The first-order chi connectivity index (χ1) is 16.2. The van der Waals surface area contributed by atoms with E-state index in [4.69, 9.17) is 18.9 Å². The van der Waals surface area contributed by atoms with E-state index in [1.807, 2.05) is 13.8 Å². The van der Waals surface area contributed by atoms with Crippen LogP contribution in [-0.2, 0) is 18.9 Å². The van der Waals surface area contributed by atoms with Gasteiger partial charge in [0.25, 0.3) is 0 Å². The summed E-state index contributed by atoms with van der Waals surface area (Å²) in [5.41, 5.74) is 1.84. The van der Waals surface area contributed by atoms with E-state index in [1.165, 1.54) is 5.57 Å². The van der Waals surface area contributed by atoms with Crippen molar-refractivity contribution in [2.75, 3.05) is 39.5 Å². The number of aliphatic hydroxyl groups is 1. The molecule has 3 saturated carbocycles. The maximum Gasteiger partial charge on any atom is 0.409 e. The van der Waals surface area contributed by atoms with E-state index >= 15 is 0 Å². The number of hydrogen-bond donors (Lipinski definition) is 1. The predicted molar refractivity (Wildman–Crippen MR) is 125 cm³/mol. The third kappa shape index (κ3) is 2.99. The van der Waals surface area contributed by atoms with Crippen LogP contribution in [0.1, 0.15) is 52.9 Å². The third-order valence-electron chi connectivity index (χ3n) is 10.1. The molecular formula is C27H39NO6. The van der Waals surface area contributed by atoms with Crippen molar-refractivity contribution >= 4 is 6.09 Å². The number of hydrogen-bond acceptors (Lipinski definition) is 6. The number of allylic oxidation sites excluding steroid dienone is 1. The van der Waals surface area contributed by atoms with Crippen LogP contribution in [0.5, 0.6) is 0 Å². The average molecular weight is 474 g/mol. The Morgan fingerprint density at radius 2 is 2.00 bits per heavy atom. The fraction of sp³-hybridized carbons (Fsp3) is 0.815. The number of rotatable bonds is 3. The lowest BCUT2D eigenvalue weighted by Crippen LogP contribution is -2.77. The Labute approximate surface area is 202 Å². The fourth-order valence-corrected chi connectivity index (χ4v) is 8.86. The zero-order valence-corrected chi connectivity index (χ0v) is 20.8. The maximum absolute atomic E-state index is 12.8. The molecule has 2 heterocycles. The van der Waals surface area contributed by atoms with Crippen molar-refractivity contribution in [1.29, 1.82) is 0 Å². The summed E-state index contributed by atoms with van der Waals surface area (Å²) < 4.78 is 24.5. The molecule has 5 fully saturated rings. The first kappa shape index (κ1) is 23.0. The van der Waals surface area contributed by atoms with Crippen molar-refractivity contribution in [2.45, 2.75) is 70.9 Å². The number of nitrogens with zero attached hydrogens (tertiary/aromatic N) is 1. The molecule has 7 rings (SSSR count). The molecule has 34 heavy (non-hydrogen) atoms. The van der Waals surface area contributed by atoms with Gasteiger partial charge in [-0.3, -0.25) is 0 Å². The Morgan fingerprint density at radius 1 is 1.24 bits per heavy atom. The summed E-state index contributed by atoms with van der Waals surface area (Å²) in [5.74, 6) is -0.249. The standard InChI is InChI=1S/C27H39NO6/c1-17-12-18-14-27-20(33-24(2,3)34-22(17)27)13-19-25(4,6-5-7-26(19,15-29)21(18)27)16-32-23(30)28-8-10-31-11-9-28/h12,19-22,29H,1,5-11,13-16H2,2-4H3/t19?,20-,21?,22+,25+,26+,27+/m1/s1. The molecule has 5 aliphatic carbocycles. The quantitative estimate of drug-likeness (QED) is 0.674. The van der Waals surface area contributed by atoms with E-state index in [0.29, 0.717) is 32.9 Å². The molecule has 7 nitrogen and oxygen atoms in total. The van der Waals surface area contributed by atoms with Gasteiger partial charge in [-0.25, -0.2) is 4.79 Å². The molecule has 2 unspecified atom stereocenters. The van der Waals surface area contributed by atoms with E-state index in [9.17, 15) is 9.90 Å². The molecule has 0 aromatic carbocycles. The van der Waals surface area contributed by atoms with Gasteiger partial charge in [0.2, 0.25) is 0 Å². The van der Waals surface area contributed by atoms with Gasteiger partial charge in [0, 0.05) is 35.9 Å². The van der Waals surface area contributed by atoms with Gasteiger partial charge in [-0.1, -0.05) is 31.6 Å². The van der Waals surface area contributed by atoms with Crippen LogP contribution in [0.25, 0.3) is 0 Å². The van der Waals surface area contributed by atoms with Crippen molar-refractivity contribution in [3.8, 4) is 0 Å². The number of fused-ring (bicyclic) bond motifs is 2. The van der Waals surface area contributed by atoms with Crippen LogP contribution in [-0.4, -0.2) is 73.6 Å². The Hall–Kier alpha value is -1.41. The number of morpholine rings is 1. The van der Waals surface area contributed by atoms with Crippen molar-refractivity contribution in [3.63, 3.8) is 0 Å². The molecule has 7 heteroatoms. The normalized spacial score (nSPS) is 46.5. The third-order valence-corrected chi connectivity index (χ3v) is 10.1. The molecule has 1 amide bonds. The summed E-state index contributed by atoms with van der Waals surface area (Å²) >= 11 is 0. The van der Waals surface area contributed by atoms with E-state index in [-0.39, 0.29) is 53.0 Å². The van der Waals surface area contributed by atoms with Crippen molar-refractivity contribution in [1.82, 2.24) is 4.90 Å². The molecule has 7 atom stereocenters. The summed E-state index contributed by atoms with van der Waals surface area (Å²) in [6, 6.07) is 0. The zero-order chi connectivity index (χ0) is 23.9. The van der Waals surface area contributed by atoms with Gasteiger partial charge in [0.1, 0.15) is 0 Å². The summed E-state index contributed by atoms with van der Waals surface area (Å²) in [5, 5.41) is 11.0. The SMILES string of the molecule is C=C1C=C2C[C@@]34C2[C@]2(CO)CCC[C@@](C)(COC(=O)N5CCOCC5)C2C[C@H]3OC(C)(C)O[C@@H]14. The number of carbonyl (C=O) groups excluding carboxylic acids is 1. The van der Waals surface area contributed by atoms with Crippen LogP contribution in [0.4, 0.5) is 4.79 Å². The summed E-state index contributed by atoms with van der Waals surface area (Å²) in [4.78, 5) is 14.6. The summed E-state index contributed by atoms with van der Waals surface area (Å²) in [6.07, 6.45) is 6.77. The van der Waals surface area contributed by atoms with Crippen LogP contribution in [0.3, 0.4) is 0 Å². The fourth-order valence-electron chi connectivity index (χ4n) is 8.86. The smallest absolute Gasteiger partial charge is 0.409 e. The Morgan fingerprint density at radius 3 is 2.74 bits per heavy atom. The minimum absolute atomic E-state index is 0.0393. The Bertz CT molecular complexity index is 924. The number of ether oxygens (including phenoxy) is 4. The Balaban J connectivity index is 1.33. The molecular weight excluding hydrogens is 434 g/mol. The van der Waals surface area contributed by atoms with Gasteiger partial charge in [-0.05, 0) is 56.9 Å². The molecule has 188 valence electrons. The monoisotopic (exact) mass is 473 g/mol. The van der Waals surface area contributed by atoms with Gasteiger partial charge < -0.3 is 29.0 Å². The number of aliphatic hydroxyl groups excluding tert-OH is 1. The average Bonchev–Trinajstić information content (AvgIpc) is 2.79. The first-order valence-electron chi connectivity index (χ1n) is 13.0. The highest BCUT2D eigenvalue weighted by Crippen LogP contribution is 2.77. The minimum atomic E-state index is -0.678. The van der Waals surface area contributed by atoms with E-state index < -0.39 is 5.79 Å². The molecule has 0 radical (unpaired) electrons. The van der Waals surface area contributed by atoms with Gasteiger partial charge in [0.15, 0.2) is 5.79 Å². The van der Waals surface area contributed by atoms with Crippen LogP contribution < -0.4 is 0 Å². The molecule has 1 spiro atoms. The topological polar surface area (TPSA) is 77.5 Å². The van der Waals surface area contributed by atoms with Crippen LogP contribution in [0.2, 0.25) is 0 Å². The van der Waals surface area contributed by atoms with Gasteiger partial charge in [-0.15, -0.1) is 0 Å². The Kier molecular flexibility index (Phi) is 5.11. The van der Waals surface area contributed by atoms with Crippen LogP contribution >= 0.6 is 0 Å². The zero-order valence-electron chi connectivity index (χ0n) is 20.8. The lowest BCUT2D eigenvalue weighted by molar-refractivity contribution is -0.392. The summed E-state index contributed by atoms with van der Waals surface area (Å²) in [7, 11) is 0. The molecule has 2 saturated heterocycles. The minimum Gasteiger partial charge on any atom is -0.449 e. The second kappa shape index (κ2) is 7.55. The highest BCUT2D eigenvalue weighted by Gasteiger charge is 2.76.